The fraction of sp³-hybridized carbons (Fsp3) is 0.294. The van der Waals surface area contributed by atoms with Gasteiger partial charge in [-0.1, -0.05) is 60.7 Å². The Labute approximate surface area is 121 Å². The molecule has 3 rings (SSSR count). The maximum absolute atomic E-state index is 2.43. The number of piperidine rings is 1. The first-order chi connectivity index (χ1) is 8.92. The Balaban J connectivity index is 0.00000133. The number of quaternary nitrogens is 1. The van der Waals surface area contributed by atoms with Crippen molar-refractivity contribution in [2.75, 3.05) is 13.1 Å². The standard InChI is InChI=1S/C17H19N.ClH/c1-3-7-15(8-4-1)17(11-13-18-14-12-17)16-9-5-2-6-10-16;/h1-10,18H,11-14H2;1H. The summed E-state index contributed by atoms with van der Waals surface area (Å²) < 4.78 is 0. The van der Waals surface area contributed by atoms with Crippen LogP contribution in [0.25, 0.3) is 0 Å². The lowest BCUT2D eigenvalue weighted by molar-refractivity contribution is -0.665. The Morgan fingerprint density at radius 1 is 0.684 bits per heavy atom. The summed E-state index contributed by atoms with van der Waals surface area (Å²) in [4.78, 5) is 0. The summed E-state index contributed by atoms with van der Waals surface area (Å²) in [7, 11) is 0. The lowest BCUT2D eigenvalue weighted by Crippen LogP contribution is -3.00. The number of rotatable bonds is 2. The predicted molar refractivity (Wildman–Crippen MR) is 74.6 cm³/mol. The van der Waals surface area contributed by atoms with Gasteiger partial charge in [-0.25, -0.2) is 0 Å². The summed E-state index contributed by atoms with van der Waals surface area (Å²) in [6, 6.07) is 22.0. The molecule has 0 saturated carbocycles. The van der Waals surface area contributed by atoms with E-state index in [0.29, 0.717) is 0 Å². The molecule has 0 unspecified atom stereocenters. The number of benzene rings is 2. The SMILES string of the molecule is [Cl-].c1ccc(C2(c3ccccc3)CC[NH2+]CC2)cc1. The van der Waals surface area contributed by atoms with Gasteiger partial charge in [0.15, 0.2) is 0 Å². The maximum atomic E-state index is 2.43. The van der Waals surface area contributed by atoms with Crippen molar-refractivity contribution in [1.82, 2.24) is 0 Å². The first-order valence-electron chi connectivity index (χ1n) is 6.84. The van der Waals surface area contributed by atoms with Crippen molar-refractivity contribution in [2.45, 2.75) is 18.3 Å². The molecule has 0 aromatic heterocycles. The average Bonchev–Trinajstić information content (AvgIpc) is 2.50. The van der Waals surface area contributed by atoms with Crippen LogP contribution in [0.5, 0.6) is 0 Å². The highest BCUT2D eigenvalue weighted by Crippen LogP contribution is 2.38. The topological polar surface area (TPSA) is 16.6 Å². The highest BCUT2D eigenvalue weighted by molar-refractivity contribution is 5.39. The number of nitrogens with two attached hydrogens (primary N) is 1. The van der Waals surface area contributed by atoms with Crippen LogP contribution in [0.4, 0.5) is 0 Å². The third-order valence-corrected chi connectivity index (χ3v) is 4.20. The van der Waals surface area contributed by atoms with Gasteiger partial charge in [-0.2, -0.15) is 0 Å². The quantitative estimate of drug-likeness (QED) is 0.748. The number of halogens is 1. The molecule has 0 amide bonds. The van der Waals surface area contributed by atoms with Crippen LogP contribution in [0.15, 0.2) is 60.7 Å². The van der Waals surface area contributed by atoms with Crippen LogP contribution >= 0.6 is 0 Å². The van der Waals surface area contributed by atoms with Gasteiger partial charge in [-0.3, -0.25) is 0 Å². The Hall–Kier alpha value is -1.31. The normalized spacial score (nSPS) is 17.5. The highest BCUT2D eigenvalue weighted by Gasteiger charge is 2.36. The van der Waals surface area contributed by atoms with Gasteiger partial charge in [0.2, 0.25) is 0 Å². The van der Waals surface area contributed by atoms with E-state index in [4.69, 9.17) is 0 Å². The van der Waals surface area contributed by atoms with Crippen LogP contribution in [-0.4, -0.2) is 13.1 Å². The molecule has 0 spiro atoms. The average molecular weight is 274 g/mol. The van der Waals surface area contributed by atoms with Crippen molar-refractivity contribution in [3.05, 3.63) is 71.8 Å². The summed E-state index contributed by atoms with van der Waals surface area (Å²) in [6.45, 7) is 2.45. The summed E-state index contributed by atoms with van der Waals surface area (Å²) in [5.41, 5.74) is 3.19. The van der Waals surface area contributed by atoms with E-state index in [1.165, 1.54) is 37.1 Å². The van der Waals surface area contributed by atoms with Gasteiger partial charge in [0.05, 0.1) is 13.1 Å². The van der Waals surface area contributed by atoms with Crippen LogP contribution in [0.1, 0.15) is 24.0 Å². The summed E-state index contributed by atoms with van der Waals surface area (Å²) in [5, 5.41) is 2.43. The van der Waals surface area contributed by atoms with E-state index >= 15 is 0 Å². The number of hydrogen-bond donors (Lipinski definition) is 1. The van der Waals surface area contributed by atoms with E-state index in [9.17, 15) is 0 Å². The van der Waals surface area contributed by atoms with E-state index < -0.39 is 0 Å². The zero-order valence-electron chi connectivity index (χ0n) is 11.1. The zero-order valence-corrected chi connectivity index (χ0v) is 11.8. The zero-order chi connectivity index (χ0) is 12.3. The van der Waals surface area contributed by atoms with Gasteiger partial charge < -0.3 is 17.7 Å². The molecule has 2 heteroatoms. The van der Waals surface area contributed by atoms with Crippen LogP contribution < -0.4 is 17.7 Å². The molecule has 2 aromatic rings. The molecule has 0 radical (unpaired) electrons. The fourth-order valence-electron chi connectivity index (χ4n) is 3.22. The molecule has 1 aliphatic rings. The molecule has 1 aliphatic heterocycles. The monoisotopic (exact) mass is 273 g/mol. The molecule has 100 valence electrons. The molecule has 2 aromatic carbocycles. The largest absolute Gasteiger partial charge is 1.00 e. The van der Waals surface area contributed by atoms with Gasteiger partial charge in [0.25, 0.3) is 0 Å². The number of hydrogen-bond acceptors (Lipinski definition) is 0. The summed E-state index contributed by atoms with van der Waals surface area (Å²) in [5.74, 6) is 0. The van der Waals surface area contributed by atoms with E-state index in [-0.39, 0.29) is 17.8 Å². The van der Waals surface area contributed by atoms with Crippen LogP contribution in [-0.2, 0) is 5.41 Å². The lowest BCUT2D eigenvalue weighted by Gasteiger charge is -2.37. The van der Waals surface area contributed by atoms with Crippen molar-refractivity contribution in [3.8, 4) is 0 Å². The third-order valence-electron chi connectivity index (χ3n) is 4.20. The van der Waals surface area contributed by atoms with Gasteiger partial charge in [0, 0.05) is 18.3 Å². The highest BCUT2D eigenvalue weighted by atomic mass is 35.5. The van der Waals surface area contributed by atoms with Gasteiger partial charge in [-0.05, 0) is 11.1 Å². The van der Waals surface area contributed by atoms with E-state index in [1.807, 2.05) is 0 Å². The molecular formula is C17H20ClN. The van der Waals surface area contributed by atoms with Crippen molar-refractivity contribution in [2.24, 2.45) is 0 Å². The molecule has 2 N–H and O–H groups in total. The Morgan fingerprint density at radius 3 is 1.53 bits per heavy atom. The Kier molecular flexibility index (Phi) is 4.62. The molecular weight excluding hydrogens is 254 g/mol. The molecule has 1 fully saturated rings. The minimum absolute atomic E-state index is 0. The molecule has 0 aliphatic carbocycles. The minimum Gasteiger partial charge on any atom is -1.00 e. The van der Waals surface area contributed by atoms with Gasteiger partial charge in [-0.15, -0.1) is 0 Å². The summed E-state index contributed by atoms with van der Waals surface area (Å²) in [6.07, 6.45) is 2.47. The lowest BCUT2D eigenvalue weighted by atomic mass is 9.68. The first kappa shape index (κ1) is 14.1. The predicted octanol–water partition coefficient (Wildman–Crippen LogP) is -0.666. The van der Waals surface area contributed by atoms with Crippen LogP contribution in [0, 0.1) is 0 Å². The van der Waals surface area contributed by atoms with E-state index in [1.54, 1.807) is 0 Å². The van der Waals surface area contributed by atoms with Crippen molar-refractivity contribution < 1.29 is 17.7 Å². The molecule has 1 saturated heterocycles. The fourth-order valence-corrected chi connectivity index (χ4v) is 3.22. The van der Waals surface area contributed by atoms with Crippen LogP contribution in [0.2, 0.25) is 0 Å². The first-order valence-corrected chi connectivity index (χ1v) is 6.84. The molecule has 0 atom stereocenters. The molecule has 0 bridgehead atoms. The van der Waals surface area contributed by atoms with Gasteiger partial charge >= 0.3 is 0 Å². The third kappa shape index (κ3) is 2.68. The van der Waals surface area contributed by atoms with Crippen molar-refractivity contribution >= 4 is 0 Å². The Bertz CT molecular complexity index is 448. The smallest absolute Gasteiger partial charge is 0.0767 e. The molecule has 1 nitrogen and oxygen atoms in total. The second-order valence-electron chi connectivity index (χ2n) is 5.18. The van der Waals surface area contributed by atoms with Crippen molar-refractivity contribution in [1.29, 1.82) is 0 Å². The second kappa shape index (κ2) is 6.23. The van der Waals surface area contributed by atoms with E-state index in [0.717, 1.165) is 0 Å². The minimum atomic E-state index is 0. The molecule has 1 heterocycles. The van der Waals surface area contributed by atoms with Crippen molar-refractivity contribution in [3.63, 3.8) is 0 Å². The van der Waals surface area contributed by atoms with E-state index in [2.05, 4.69) is 66.0 Å². The van der Waals surface area contributed by atoms with Crippen LogP contribution in [0.3, 0.4) is 0 Å². The Morgan fingerprint density at radius 2 is 1.11 bits per heavy atom. The molecule has 19 heavy (non-hydrogen) atoms. The second-order valence-corrected chi connectivity index (χ2v) is 5.18. The summed E-state index contributed by atoms with van der Waals surface area (Å²) >= 11 is 0. The maximum Gasteiger partial charge on any atom is 0.0767 e. The van der Waals surface area contributed by atoms with Gasteiger partial charge in [0.1, 0.15) is 0 Å².